The number of nitrogens with zero attached hydrogens (tertiary/aromatic N) is 2. The molecule has 5 heteroatoms. The molecule has 108 valence electrons. The van der Waals surface area contributed by atoms with E-state index in [0.717, 1.165) is 29.6 Å². The minimum atomic E-state index is -0.220. The van der Waals surface area contributed by atoms with Gasteiger partial charge in [0, 0.05) is 25.5 Å². The molecule has 2 aromatic rings. The SMILES string of the molecule is CCCNC(=O)C(C)NCc1nn(C)c2ccccc12. The number of benzene rings is 1. The van der Waals surface area contributed by atoms with Crippen molar-refractivity contribution in [2.75, 3.05) is 6.54 Å². The summed E-state index contributed by atoms with van der Waals surface area (Å²) in [4.78, 5) is 11.8. The maximum atomic E-state index is 11.8. The van der Waals surface area contributed by atoms with E-state index < -0.39 is 0 Å². The number of nitrogens with one attached hydrogen (secondary N) is 2. The van der Waals surface area contributed by atoms with Crippen LogP contribution in [-0.2, 0) is 18.4 Å². The minimum Gasteiger partial charge on any atom is -0.355 e. The maximum Gasteiger partial charge on any atom is 0.236 e. The van der Waals surface area contributed by atoms with Gasteiger partial charge in [-0.05, 0) is 19.4 Å². The van der Waals surface area contributed by atoms with Gasteiger partial charge < -0.3 is 10.6 Å². The van der Waals surface area contributed by atoms with Gasteiger partial charge in [-0.3, -0.25) is 9.48 Å². The molecule has 0 aliphatic heterocycles. The third-order valence-electron chi connectivity index (χ3n) is 3.35. The van der Waals surface area contributed by atoms with Crippen LogP contribution in [0.25, 0.3) is 10.9 Å². The number of carbonyl (C=O) groups is 1. The Labute approximate surface area is 119 Å². The van der Waals surface area contributed by atoms with Crippen molar-refractivity contribution < 1.29 is 4.79 Å². The fraction of sp³-hybridized carbons (Fsp3) is 0.467. The molecule has 1 amide bonds. The molecule has 2 N–H and O–H groups in total. The highest BCUT2D eigenvalue weighted by Gasteiger charge is 2.13. The van der Waals surface area contributed by atoms with Crippen LogP contribution in [0.15, 0.2) is 24.3 Å². The Hall–Kier alpha value is -1.88. The third-order valence-corrected chi connectivity index (χ3v) is 3.35. The summed E-state index contributed by atoms with van der Waals surface area (Å²) in [6.07, 6.45) is 0.948. The molecule has 0 saturated heterocycles. The Morgan fingerprint density at radius 1 is 1.40 bits per heavy atom. The van der Waals surface area contributed by atoms with Crippen LogP contribution in [0.5, 0.6) is 0 Å². The first-order valence-corrected chi connectivity index (χ1v) is 7.05. The zero-order chi connectivity index (χ0) is 14.5. The van der Waals surface area contributed by atoms with E-state index in [0.29, 0.717) is 6.54 Å². The van der Waals surface area contributed by atoms with Gasteiger partial charge in [0.15, 0.2) is 0 Å². The molecule has 1 aromatic carbocycles. The van der Waals surface area contributed by atoms with E-state index in [4.69, 9.17) is 0 Å². The van der Waals surface area contributed by atoms with Crippen LogP contribution in [0.4, 0.5) is 0 Å². The van der Waals surface area contributed by atoms with Crippen molar-refractivity contribution in [2.45, 2.75) is 32.9 Å². The highest BCUT2D eigenvalue weighted by Crippen LogP contribution is 2.17. The van der Waals surface area contributed by atoms with Gasteiger partial charge in [0.05, 0.1) is 17.3 Å². The lowest BCUT2D eigenvalue weighted by atomic mass is 10.2. The Balaban J connectivity index is 2.01. The van der Waals surface area contributed by atoms with Crippen molar-refractivity contribution in [3.63, 3.8) is 0 Å². The number of hydrogen-bond donors (Lipinski definition) is 2. The first-order valence-electron chi connectivity index (χ1n) is 7.05. The van der Waals surface area contributed by atoms with E-state index in [1.807, 2.05) is 43.8 Å². The molecular weight excluding hydrogens is 252 g/mol. The summed E-state index contributed by atoms with van der Waals surface area (Å²) in [7, 11) is 1.93. The van der Waals surface area contributed by atoms with Crippen LogP contribution < -0.4 is 10.6 Å². The lowest BCUT2D eigenvalue weighted by Crippen LogP contribution is -2.42. The summed E-state index contributed by atoms with van der Waals surface area (Å²) >= 11 is 0. The van der Waals surface area contributed by atoms with Gasteiger partial charge in [0.1, 0.15) is 0 Å². The van der Waals surface area contributed by atoms with Gasteiger partial charge in [-0.1, -0.05) is 25.1 Å². The Kier molecular flexibility index (Phi) is 4.74. The van der Waals surface area contributed by atoms with Gasteiger partial charge in [-0.2, -0.15) is 5.10 Å². The van der Waals surface area contributed by atoms with Crippen molar-refractivity contribution in [3.05, 3.63) is 30.0 Å². The number of rotatable bonds is 6. The Bertz CT molecular complexity index is 591. The van der Waals surface area contributed by atoms with E-state index in [1.165, 1.54) is 0 Å². The number of amides is 1. The van der Waals surface area contributed by atoms with Crippen LogP contribution in [0.3, 0.4) is 0 Å². The fourth-order valence-corrected chi connectivity index (χ4v) is 2.16. The molecule has 0 aliphatic carbocycles. The number of fused-ring (bicyclic) bond motifs is 1. The van der Waals surface area contributed by atoms with Crippen molar-refractivity contribution in [1.82, 2.24) is 20.4 Å². The second-order valence-corrected chi connectivity index (χ2v) is 4.98. The highest BCUT2D eigenvalue weighted by molar-refractivity contribution is 5.82. The van der Waals surface area contributed by atoms with E-state index in [9.17, 15) is 4.79 Å². The summed E-state index contributed by atoms with van der Waals surface area (Å²) in [6.45, 7) is 5.22. The van der Waals surface area contributed by atoms with E-state index >= 15 is 0 Å². The number of carbonyl (C=O) groups excluding carboxylic acids is 1. The standard InChI is InChI=1S/C15H22N4O/c1-4-9-16-15(20)11(2)17-10-13-12-7-5-6-8-14(12)19(3)18-13/h5-8,11,17H,4,9-10H2,1-3H3,(H,16,20). The van der Waals surface area contributed by atoms with Crippen LogP contribution in [0.1, 0.15) is 26.0 Å². The van der Waals surface area contributed by atoms with Crippen LogP contribution in [-0.4, -0.2) is 28.3 Å². The highest BCUT2D eigenvalue weighted by atomic mass is 16.2. The lowest BCUT2D eigenvalue weighted by Gasteiger charge is -2.12. The zero-order valence-electron chi connectivity index (χ0n) is 12.3. The quantitative estimate of drug-likeness (QED) is 0.841. The molecule has 0 radical (unpaired) electrons. The predicted molar refractivity (Wildman–Crippen MR) is 80.3 cm³/mol. The molecule has 0 bridgehead atoms. The van der Waals surface area contributed by atoms with E-state index in [1.54, 1.807) is 0 Å². The van der Waals surface area contributed by atoms with Crippen molar-refractivity contribution >= 4 is 16.8 Å². The third kappa shape index (κ3) is 3.17. The van der Waals surface area contributed by atoms with Crippen LogP contribution >= 0.6 is 0 Å². The first-order chi connectivity index (χ1) is 9.63. The fourth-order valence-electron chi connectivity index (χ4n) is 2.16. The van der Waals surface area contributed by atoms with Gasteiger partial charge in [0.25, 0.3) is 0 Å². The topological polar surface area (TPSA) is 59.0 Å². The molecule has 0 fully saturated rings. The Morgan fingerprint density at radius 3 is 2.90 bits per heavy atom. The molecule has 0 saturated carbocycles. The van der Waals surface area contributed by atoms with Crippen molar-refractivity contribution in [1.29, 1.82) is 0 Å². The maximum absolute atomic E-state index is 11.8. The molecule has 2 rings (SSSR count). The second-order valence-electron chi connectivity index (χ2n) is 4.98. The molecule has 0 aliphatic rings. The van der Waals surface area contributed by atoms with Crippen LogP contribution in [0, 0.1) is 0 Å². The number of aromatic nitrogens is 2. The lowest BCUT2D eigenvalue weighted by molar-refractivity contribution is -0.122. The summed E-state index contributed by atoms with van der Waals surface area (Å²) < 4.78 is 1.87. The molecule has 1 heterocycles. The number of hydrogen-bond acceptors (Lipinski definition) is 3. The predicted octanol–water partition coefficient (Wildman–Crippen LogP) is 1.58. The average molecular weight is 274 g/mol. The first kappa shape index (κ1) is 14.5. The molecule has 5 nitrogen and oxygen atoms in total. The molecule has 1 unspecified atom stereocenters. The molecule has 1 aromatic heterocycles. The monoisotopic (exact) mass is 274 g/mol. The molecule has 0 spiro atoms. The van der Waals surface area contributed by atoms with Crippen molar-refractivity contribution in [2.24, 2.45) is 7.05 Å². The normalized spacial score (nSPS) is 12.6. The zero-order valence-corrected chi connectivity index (χ0v) is 12.3. The van der Waals surface area contributed by atoms with Crippen LogP contribution in [0.2, 0.25) is 0 Å². The van der Waals surface area contributed by atoms with Gasteiger partial charge in [-0.25, -0.2) is 0 Å². The molecule has 20 heavy (non-hydrogen) atoms. The second kappa shape index (κ2) is 6.52. The molecule has 1 atom stereocenters. The average Bonchev–Trinajstić information content (AvgIpc) is 2.79. The molecular formula is C15H22N4O. The summed E-state index contributed by atoms with van der Waals surface area (Å²) in [5, 5.41) is 11.7. The summed E-state index contributed by atoms with van der Waals surface area (Å²) in [5.41, 5.74) is 2.07. The van der Waals surface area contributed by atoms with Gasteiger partial charge in [0.2, 0.25) is 5.91 Å². The van der Waals surface area contributed by atoms with Crippen molar-refractivity contribution in [3.8, 4) is 0 Å². The Morgan fingerprint density at radius 2 is 2.15 bits per heavy atom. The number of aryl methyl sites for hydroxylation is 1. The van der Waals surface area contributed by atoms with E-state index in [2.05, 4.69) is 21.8 Å². The summed E-state index contributed by atoms with van der Waals surface area (Å²) in [6, 6.07) is 7.89. The number of para-hydroxylation sites is 1. The minimum absolute atomic E-state index is 0.0343. The van der Waals surface area contributed by atoms with Gasteiger partial charge in [-0.15, -0.1) is 0 Å². The largest absolute Gasteiger partial charge is 0.355 e. The smallest absolute Gasteiger partial charge is 0.236 e. The van der Waals surface area contributed by atoms with E-state index in [-0.39, 0.29) is 11.9 Å². The van der Waals surface area contributed by atoms with Gasteiger partial charge >= 0.3 is 0 Å². The summed E-state index contributed by atoms with van der Waals surface area (Å²) in [5.74, 6) is 0.0343.